The van der Waals surface area contributed by atoms with Gasteiger partial charge in [-0.2, -0.15) is 17.6 Å². The lowest BCUT2D eigenvalue weighted by atomic mass is 10.1. The van der Waals surface area contributed by atoms with Crippen molar-refractivity contribution in [2.24, 2.45) is 0 Å². The van der Waals surface area contributed by atoms with Crippen LogP contribution in [0.5, 0.6) is 23.0 Å². The fourth-order valence-electron chi connectivity index (χ4n) is 3.15. The van der Waals surface area contributed by atoms with Crippen molar-refractivity contribution >= 4 is 17.5 Å². The monoisotopic (exact) mass is 613 g/mol. The Morgan fingerprint density at radius 1 is 0.810 bits per heavy atom. The quantitative estimate of drug-likeness (QED) is 0.189. The Morgan fingerprint density at radius 3 is 1.95 bits per heavy atom. The highest BCUT2D eigenvalue weighted by atomic mass is 19.4. The van der Waals surface area contributed by atoms with Crippen LogP contribution >= 0.6 is 0 Å². The third-order valence-corrected chi connectivity index (χ3v) is 4.83. The van der Waals surface area contributed by atoms with Gasteiger partial charge >= 0.3 is 18.7 Å². The number of aliphatic hydroxyl groups is 3. The molecule has 2 aromatic carbocycles. The van der Waals surface area contributed by atoms with Gasteiger partial charge in [-0.15, -0.1) is 13.2 Å². The van der Waals surface area contributed by atoms with E-state index in [0.29, 0.717) is 12.1 Å². The standard InChI is InChI=1S/C23H15F8N3O8/c1-32-19(35)11-4-2-9(8-33-11)34-20(36)15-12(5-3-10(16(15)24)21(26,27)28)40-14-7-6-13(41-22(29,30)31)17(25)18(14)42-23(37,38)39/h2-8,37-39H,1H3,(H,32,35)(H,34,36). The molecule has 5 N–H and O–H groups in total. The van der Waals surface area contributed by atoms with Crippen LogP contribution in [-0.2, 0) is 6.18 Å². The van der Waals surface area contributed by atoms with Crippen molar-refractivity contribution in [3.63, 3.8) is 0 Å². The summed E-state index contributed by atoms with van der Waals surface area (Å²) >= 11 is 0. The maximum atomic E-state index is 15.1. The SMILES string of the molecule is CNC(=O)c1ccc(NC(=O)c2c(Oc3ccc(OC(F)(F)F)c(F)c3OC(O)(O)O)ccc(C(F)(F)F)c2F)cn1. The van der Waals surface area contributed by atoms with Gasteiger partial charge in [-0.3, -0.25) is 9.59 Å². The summed E-state index contributed by atoms with van der Waals surface area (Å²) < 4.78 is 120. The minimum Gasteiger partial charge on any atom is -0.452 e. The number of alkyl halides is 6. The van der Waals surface area contributed by atoms with Gasteiger partial charge in [-0.05, 0) is 36.4 Å². The molecule has 0 unspecified atom stereocenters. The topological polar surface area (TPSA) is 159 Å². The summed E-state index contributed by atoms with van der Waals surface area (Å²) in [4.78, 5) is 28.2. The largest absolute Gasteiger partial charge is 0.573 e. The Hall–Kier alpha value is -4.75. The van der Waals surface area contributed by atoms with Crippen LogP contribution in [0, 0.1) is 11.6 Å². The average molecular weight is 613 g/mol. The van der Waals surface area contributed by atoms with E-state index in [1.165, 1.54) is 7.05 Å². The van der Waals surface area contributed by atoms with Gasteiger partial charge in [0.15, 0.2) is 17.3 Å². The number of amides is 2. The summed E-state index contributed by atoms with van der Waals surface area (Å²) in [6.45, 7) is 0. The predicted molar refractivity (Wildman–Crippen MR) is 120 cm³/mol. The number of benzene rings is 2. The van der Waals surface area contributed by atoms with Crippen LogP contribution < -0.4 is 24.8 Å². The van der Waals surface area contributed by atoms with Crippen molar-refractivity contribution in [2.45, 2.75) is 18.7 Å². The van der Waals surface area contributed by atoms with Crippen LogP contribution in [0.3, 0.4) is 0 Å². The third-order valence-electron chi connectivity index (χ3n) is 4.83. The zero-order chi connectivity index (χ0) is 31.6. The molecule has 0 atom stereocenters. The lowest BCUT2D eigenvalue weighted by Crippen LogP contribution is -2.35. The molecular weight excluding hydrogens is 598 g/mol. The first-order chi connectivity index (χ1) is 19.3. The molecule has 0 aliphatic rings. The van der Waals surface area contributed by atoms with Crippen LogP contribution in [0.25, 0.3) is 0 Å². The van der Waals surface area contributed by atoms with Gasteiger partial charge in [-0.25, -0.2) is 9.37 Å². The van der Waals surface area contributed by atoms with Crippen molar-refractivity contribution in [2.75, 3.05) is 12.4 Å². The number of aromatic nitrogens is 1. The number of carbonyl (C=O) groups excluding carboxylic acids is 2. The molecule has 226 valence electrons. The molecule has 1 heterocycles. The van der Waals surface area contributed by atoms with Crippen LogP contribution in [0.2, 0.25) is 0 Å². The van der Waals surface area contributed by atoms with Crippen molar-refractivity contribution in [1.82, 2.24) is 10.3 Å². The summed E-state index contributed by atoms with van der Waals surface area (Å²) in [5.74, 6) is -12.3. The van der Waals surface area contributed by atoms with Gasteiger partial charge in [0.25, 0.3) is 11.8 Å². The van der Waals surface area contributed by atoms with E-state index in [2.05, 4.69) is 19.8 Å². The molecule has 42 heavy (non-hydrogen) atoms. The smallest absolute Gasteiger partial charge is 0.452 e. The minimum absolute atomic E-state index is 0.105. The zero-order valence-corrected chi connectivity index (χ0v) is 20.4. The van der Waals surface area contributed by atoms with E-state index in [9.17, 15) is 40.3 Å². The lowest BCUT2D eigenvalue weighted by molar-refractivity contribution is -0.420. The van der Waals surface area contributed by atoms with Crippen molar-refractivity contribution in [1.29, 1.82) is 0 Å². The van der Waals surface area contributed by atoms with E-state index in [1.54, 1.807) is 0 Å². The Kier molecular flexibility index (Phi) is 8.79. The molecule has 3 rings (SSSR count). The Morgan fingerprint density at radius 2 is 1.43 bits per heavy atom. The normalized spacial score (nSPS) is 12.0. The first-order valence-corrected chi connectivity index (χ1v) is 10.8. The molecule has 0 spiro atoms. The van der Waals surface area contributed by atoms with Crippen LogP contribution in [0.1, 0.15) is 26.4 Å². The molecular formula is C23H15F8N3O8. The number of hydrogen-bond acceptors (Lipinski definition) is 9. The van der Waals surface area contributed by atoms with E-state index in [0.717, 1.165) is 18.3 Å². The Bertz CT molecular complexity index is 1490. The molecule has 1 aromatic heterocycles. The molecule has 0 radical (unpaired) electrons. The van der Waals surface area contributed by atoms with E-state index in [-0.39, 0.29) is 23.5 Å². The van der Waals surface area contributed by atoms with E-state index in [1.807, 2.05) is 5.32 Å². The Labute approximate surface area is 227 Å². The van der Waals surface area contributed by atoms with Gasteiger partial charge in [0.2, 0.25) is 11.6 Å². The third kappa shape index (κ3) is 7.71. The molecule has 11 nitrogen and oxygen atoms in total. The molecule has 3 aromatic rings. The number of nitrogens with one attached hydrogen (secondary N) is 2. The number of nitrogens with zero attached hydrogens (tertiary/aromatic N) is 1. The molecule has 0 aliphatic heterocycles. The number of pyridine rings is 1. The van der Waals surface area contributed by atoms with Gasteiger partial charge in [0.1, 0.15) is 17.0 Å². The second kappa shape index (κ2) is 11.6. The van der Waals surface area contributed by atoms with Crippen molar-refractivity contribution in [3.05, 3.63) is 71.1 Å². The van der Waals surface area contributed by atoms with E-state index < -0.39 is 76.3 Å². The number of hydrogen-bond donors (Lipinski definition) is 5. The summed E-state index contributed by atoms with van der Waals surface area (Å²) in [5.41, 5.74) is -3.84. The van der Waals surface area contributed by atoms with Crippen molar-refractivity contribution in [3.8, 4) is 23.0 Å². The predicted octanol–water partition coefficient (Wildman–Crippen LogP) is 3.65. The van der Waals surface area contributed by atoms with Crippen molar-refractivity contribution < 1.29 is 74.2 Å². The zero-order valence-electron chi connectivity index (χ0n) is 20.4. The van der Waals surface area contributed by atoms with E-state index >= 15 is 4.39 Å². The van der Waals surface area contributed by atoms with Gasteiger partial charge < -0.3 is 40.2 Å². The maximum Gasteiger partial charge on any atom is 0.573 e. The maximum absolute atomic E-state index is 15.1. The van der Waals surface area contributed by atoms with E-state index in [4.69, 9.17) is 20.1 Å². The summed E-state index contributed by atoms with van der Waals surface area (Å²) in [6.07, 6.45) is -14.2. The summed E-state index contributed by atoms with van der Waals surface area (Å²) in [6, 6.07) is 3.29. The molecule has 0 bridgehead atoms. The second-order valence-corrected chi connectivity index (χ2v) is 7.79. The molecule has 0 saturated heterocycles. The fourth-order valence-corrected chi connectivity index (χ4v) is 3.15. The van der Waals surface area contributed by atoms with Crippen LogP contribution in [0.4, 0.5) is 40.8 Å². The second-order valence-electron chi connectivity index (χ2n) is 7.79. The molecule has 0 saturated carbocycles. The molecule has 0 aliphatic carbocycles. The highest BCUT2D eigenvalue weighted by Gasteiger charge is 2.39. The van der Waals surface area contributed by atoms with Gasteiger partial charge in [0.05, 0.1) is 17.4 Å². The number of halogens is 8. The summed E-state index contributed by atoms with van der Waals surface area (Å²) in [5, 5.41) is 31.5. The first-order valence-electron chi connectivity index (χ1n) is 10.8. The fraction of sp³-hybridized carbons (Fsp3) is 0.174. The average Bonchev–Trinajstić information content (AvgIpc) is 2.85. The highest BCUT2D eigenvalue weighted by molar-refractivity contribution is 6.06. The number of anilines is 1. The van der Waals surface area contributed by atoms with Gasteiger partial charge in [0, 0.05) is 7.05 Å². The van der Waals surface area contributed by atoms with Crippen LogP contribution in [0.15, 0.2) is 42.6 Å². The van der Waals surface area contributed by atoms with Gasteiger partial charge in [-0.1, -0.05) is 0 Å². The molecule has 19 heteroatoms. The highest BCUT2D eigenvalue weighted by Crippen LogP contribution is 2.43. The summed E-state index contributed by atoms with van der Waals surface area (Å²) in [7, 11) is 1.29. The number of rotatable bonds is 8. The molecule has 2 amide bonds. The minimum atomic E-state index is -5.48. The first kappa shape index (κ1) is 31.8. The Balaban J connectivity index is 2.12. The number of carbonyl (C=O) groups is 2. The lowest BCUT2D eigenvalue weighted by Gasteiger charge is -2.21. The molecule has 0 fully saturated rings. The van der Waals surface area contributed by atoms with Crippen LogP contribution in [-0.4, -0.2) is 51.7 Å². The number of ether oxygens (including phenoxy) is 3.